The number of aromatic nitrogens is 4. The Morgan fingerprint density at radius 2 is 2.07 bits per heavy atom. The highest BCUT2D eigenvalue weighted by molar-refractivity contribution is 6.31. The van der Waals surface area contributed by atoms with Crippen LogP contribution in [0, 0.1) is 10.1 Å². The Labute approximate surface area is 171 Å². The third-order valence-electron chi connectivity index (χ3n) is 3.79. The first-order valence-electron chi connectivity index (χ1n) is 8.69. The van der Waals surface area contributed by atoms with Crippen molar-refractivity contribution in [2.75, 3.05) is 5.32 Å². The number of ether oxygens (including phenoxy) is 1. The van der Waals surface area contributed by atoms with E-state index < -0.39 is 22.5 Å². The predicted molar refractivity (Wildman–Crippen MR) is 107 cm³/mol. The van der Waals surface area contributed by atoms with Gasteiger partial charge in [-0.3, -0.25) is 14.7 Å². The van der Waals surface area contributed by atoms with Crippen LogP contribution in [-0.4, -0.2) is 42.1 Å². The summed E-state index contributed by atoms with van der Waals surface area (Å²) in [6.07, 6.45) is 2.56. The van der Waals surface area contributed by atoms with E-state index in [4.69, 9.17) is 16.3 Å². The van der Waals surface area contributed by atoms with Gasteiger partial charge in [0.25, 0.3) is 0 Å². The van der Waals surface area contributed by atoms with Crippen molar-refractivity contribution in [3.63, 3.8) is 0 Å². The number of carbonyl (C=O) groups is 1. The quantitative estimate of drug-likeness (QED) is 0.379. The van der Waals surface area contributed by atoms with Crippen LogP contribution < -0.4 is 5.32 Å². The molecule has 0 radical (unpaired) electrons. The van der Waals surface area contributed by atoms with Crippen LogP contribution >= 0.6 is 11.6 Å². The van der Waals surface area contributed by atoms with Gasteiger partial charge in [-0.15, -0.1) is 0 Å². The minimum Gasteiger partial charge on any atom is -0.458 e. The number of hydrogen-bond donors (Lipinski definition) is 1. The highest BCUT2D eigenvalue weighted by atomic mass is 35.5. The van der Waals surface area contributed by atoms with Crippen LogP contribution in [0.2, 0.25) is 5.02 Å². The van der Waals surface area contributed by atoms with E-state index in [0.29, 0.717) is 16.1 Å². The molecule has 3 rings (SSSR count). The topological polar surface area (TPSA) is 125 Å². The minimum atomic E-state index is -0.871. The van der Waals surface area contributed by atoms with Gasteiger partial charge >= 0.3 is 11.7 Å². The molecule has 1 atom stereocenters. The van der Waals surface area contributed by atoms with Crippen LogP contribution in [0.3, 0.4) is 0 Å². The van der Waals surface area contributed by atoms with E-state index in [1.807, 2.05) is 0 Å². The molecule has 1 unspecified atom stereocenters. The largest absolute Gasteiger partial charge is 0.458 e. The summed E-state index contributed by atoms with van der Waals surface area (Å²) >= 11 is 6.05. The number of anilines is 1. The van der Waals surface area contributed by atoms with Crippen LogP contribution in [-0.2, 0) is 9.53 Å². The summed E-state index contributed by atoms with van der Waals surface area (Å²) in [6, 6.07) is 4.26. The van der Waals surface area contributed by atoms with Crippen molar-refractivity contribution in [1.29, 1.82) is 0 Å². The summed E-state index contributed by atoms with van der Waals surface area (Å²) in [7, 11) is 0. The molecule has 3 aromatic rings. The first-order valence-corrected chi connectivity index (χ1v) is 9.07. The molecule has 0 fully saturated rings. The van der Waals surface area contributed by atoms with Gasteiger partial charge in [0, 0.05) is 5.02 Å². The Balaban J connectivity index is 1.99. The van der Waals surface area contributed by atoms with E-state index in [1.165, 1.54) is 13.3 Å². The first-order chi connectivity index (χ1) is 13.5. The molecule has 11 heteroatoms. The van der Waals surface area contributed by atoms with Crippen LogP contribution in [0.15, 0.2) is 30.7 Å². The van der Waals surface area contributed by atoms with E-state index in [-0.39, 0.29) is 17.5 Å². The second-order valence-corrected chi connectivity index (χ2v) is 7.74. The maximum absolute atomic E-state index is 12.2. The summed E-state index contributed by atoms with van der Waals surface area (Å²) in [6.45, 7) is 6.74. The number of imidazole rings is 1. The molecule has 0 saturated heterocycles. The number of fused-ring (bicyclic) bond motifs is 1. The third kappa shape index (κ3) is 4.60. The monoisotopic (exact) mass is 418 g/mol. The first kappa shape index (κ1) is 20.5. The van der Waals surface area contributed by atoms with Crippen LogP contribution in [0.4, 0.5) is 11.5 Å². The molecule has 0 amide bonds. The predicted octanol–water partition coefficient (Wildman–Crippen LogP) is 3.52. The lowest BCUT2D eigenvalue weighted by Gasteiger charge is -2.22. The van der Waals surface area contributed by atoms with E-state index in [0.717, 1.165) is 6.20 Å². The molecular weight excluding hydrogens is 400 g/mol. The van der Waals surface area contributed by atoms with Gasteiger partial charge in [0.1, 0.15) is 24.2 Å². The second-order valence-electron chi connectivity index (χ2n) is 7.31. The number of esters is 1. The van der Waals surface area contributed by atoms with Crippen molar-refractivity contribution in [2.45, 2.75) is 39.3 Å². The van der Waals surface area contributed by atoms with Crippen LogP contribution in [0.25, 0.3) is 17.0 Å². The molecule has 10 nitrogen and oxygen atoms in total. The van der Waals surface area contributed by atoms with Crippen molar-refractivity contribution in [2.24, 2.45) is 0 Å². The smallest absolute Gasteiger partial charge is 0.329 e. The zero-order valence-electron chi connectivity index (χ0n) is 16.2. The van der Waals surface area contributed by atoms with Gasteiger partial charge in [0.15, 0.2) is 0 Å². The van der Waals surface area contributed by atoms with Crippen molar-refractivity contribution in [3.05, 3.63) is 45.9 Å². The maximum Gasteiger partial charge on any atom is 0.329 e. The van der Waals surface area contributed by atoms with Crippen molar-refractivity contribution < 1.29 is 14.5 Å². The lowest BCUT2D eigenvalue weighted by Crippen LogP contribution is -2.35. The number of halogens is 1. The minimum absolute atomic E-state index is 0.109. The molecule has 1 N–H and O–H groups in total. The summed E-state index contributed by atoms with van der Waals surface area (Å²) in [4.78, 5) is 35.6. The molecule has 0 bridgehead atoms. The Morgan fingerprint density at radius 1 is 1.34 bits per heavy atom. The number of benzene rings is 1. The van der Waals surface area contributed by atoms with Gasteiger partial charge in [-0.2, -0.15) is 4.98 Å². The molecule has 0 aliphatic rings. The van der Waals surface area contributed by atoms with Gasteiger partial charge < -0.3 is 10.1 Å². The molecule has 0 aliphatic heterocycles. The van der Waals surface area contributed by atoms with Gasteiger partial charge in [0.2, 0.25) is 11.8 Å². The molecular formula is C18H19ClN6O4. The van der Waals surface area contributed by atoms with Crippen molar-refractivity contribution >= 4 is 40.1 Å². The zero-order valence-corrected chi connectivity index (χ0v) is 17.0. The summed E-state index contributed by atoms with van der Waals surface area (Å²) in [5.74, 6) is -0.534. The lowest BCUT2D eigenvalue weighted by atomic mass is 10.2. The Morgan fingerprint density at radius 3 is 2.72 bits per heavy atom. The number of carbonyl (C=O) groups excluding carboxylic acids is 1. The number of nitro groups is 1. The fourth-order valence-corrected chi connectivity index (χ4v) is 2.68. The average molecular weight is 419 g/mol. The SMILES string of the molecule is CC(Nc1nc(-n2cnc3ccc(Cl)cc32)ncc1[N+](=O)[O-])C(=O)OC(C)(C)C. The fourth-order valence-electron chi connectivity index (χ4n) is 2.52. The lowest BCUT2D eigenvalue weighted by molar-refractivity contribution is -0.384. The average Bonchev–Trinajstić information content (AvgIpc) is 3.02. The summed E-state index contributed by atoms with van der Waals surface area (Å²) in [5, 5.41) is 14.6. The van der Waals surface area contributed by atoms with Crippen molar-refractivity contribution in [1.82, 2.24) is 19.5 Å². The van der Waals surface area contributed by atoms with E-state index in [1.54, 1.807) is 43.5 Å². The Hall–Kier alpha value is -3.27. The summed E-state index contributed by atoms with van der Waals surface area (Å²) in [5.41, 5.74) is 0.238. The number of nitrogens with one attached hydrogen (secondary N) is 1. The molecule has 2 aromatic heterocycles. The number of nitrogens with zero attached hydrogens (tertiary/aromatic N) is 5. The molecule has 2 heterocycles. The standard InChI is InChI=1S/C18H19ClN6O4/c1-10(16(26)29-18(2,3)4)22-15-14(25(27)28)8-20-17(23-15)24-9-21-12-6-5-11(19)7-13(12)24/h5-10H,1-4H3,(H,20,22,23). The molecule has 29 heavy (non-hydrogen) atoms. The van der Waals surface area contributed by atoms with E-state index in [9.17, 15) is 14.9 Å². The highest BCUT2D eigenvalue weighted by Crippen LogP contribution is 2.25. The van der Waals surface area contributed by atoms with E-state index in [2.05, 4.69) is 20.3 Å². The number of rotatable bonds is 5. The van der Waals surface area contributed by atoms with E-state index >= 15 is 0 Å². The normalized spacial score (nSPS) is 12.6. The maximum atomic E-state index is 12.2. The molecule has 1 aromatic carbocycles. The number of hydrogen-bond acceptors (Lipinski definition) is 8. The second kappa shape index (κ2) is 7.63. The summed E-state index contributed by atoms with van der Waals surface area (Å²) < 4.78 is 6.85. The fraction of sp³-hybridized carbons (Fsp3) is 0.333. The van der Waals surface area contributed by atoms with Crippen LogP contribution in [0.1, 0.15) is 27.7 Å². The third-order valence-corrected chi connectivity index (χ3v) is 4.03. The molecule has 0 saturated carbocycles. The highest BCUT2D eigenvalue weighted by Gasteiger charge is 2.26. The molecule has 0 aliphatic carbocycles. The zero-order chi connectivity index (χ0) is 21.3. The molecule has 0 spiro atoms. The van der Waals surface area contributed by atoms with Gasteiger partial charge in [0.05, 0.1) is 16.0 Å². The Bertz CT molecular complexity index is 1090. The Kier molecular flexibility index (Phi) is 5.38. The molecule has 152 valence electrons. The van der Waals surface area contributed by atoms with Crippen molar-refractivity contribution in [3.8, 4) is 5.95 Å². The van der Waals surface area contributed by atoms with Gasteiger partial charge in [-0.1, -0.05) is 11.6 Å². The van der Waals surface area contributed by atoms with Crippen LogP contribution in [0.5, 0.6) is 0 Å². The van der Waals surface area contributed by atoms with Gasteiger partial charge in [-0.05, 0) is 45.9 Å². The van der Waals surface area contributed by atoms with Gasteiger partial charge in [-0.25, -0.2) is 14.8 Å².